The van der Waals surface area contributed by atoms with E-state index in [9.17, 15) is 0 Å². The van der Waals surface area contributed by atoms with Crippen molar-refractivity contribution in [1.29, 1.82) is 0 Å². The molecular formula is C7H12O2. The molecule has 2 heteroatoms. The summed E-state index contributed by atoms with van der Waals surface area (Å²) in [4.78, 5) is 0. The lowest BCUT2D eigenvalue weighted by molar-refractivity contribution is -0.133. The summed E-state index contributed by atoms with van der Waals surface area (Å²) in [5.74, 6) is 0.521. The molecule has 0 spiro atoms. The highest BCUT2D eigenvalue weighted by molar-refractivity contribution is 4.84. The minimum Gasteiger partial charge on any atom is -0.394 e. The topological polar surface area (TPSA) is 29.5 Å². The van der Waals surface area contributed by atoms with Crippen molar-refractivity contribution in [3.63, 3.8) is 0 Å². The van der Waals surface area contributed by atoms with E-state index in [4.69, 9.17) is 9.84 Å². The number of hydrogen-bond acceptors (Lipinski definition) is 2. The van der Waals surface area contributed by atoms with E-state index in [0.29, 0.717) is 5.92 Å². The Bertz CT molecular complexity index is 99.1. The second kappa shape index (κ2) is 2.99. The summed E-state index contributed by atoms with van der Waals surface area (Å²) in [6.07, 6.45) is 2.92. The minimum absolute atomic E-state index is 0.0861. The molecule has 2 atom stereocenters. The molecule has 2 unspecified atom stereocenters. The summed E-state index contributed by atoms with van der Waals surface area (Å²) < 4.78 is 5.05. The highest BCUT2D eigenvalue weighted by atomic mass is 16.5. The van der Waals surface area contributed by atoms with Gasteiger partial charge in [0.1, 0.15) is 0 Å². The van der Waals surface area contributed by atoms with Gasteiger partial charge in [0.25, 0.3) is 0 Å². The molecule has 0 aromatic carbocycles. The van der Waals surface area contributed by atoms with Crippen LogP contribution in [0.5, 0.6) is 0 Å². The van der Waals surface area contributed by atoms with E-state index < -0.39 is 0 Å². The number of aliphatic hydroxyl groups excluding tert-OH is 1. The van der Waals surface area contributed by atoms with Crippen LogP contribution in [0.3, 0.4) is 0 Å². The average Bonchev–Trinajstić information content (AvgIpc) is 1.82. The van der Waals surface area contributed by atoms with E-state index in [-0.39, 0.29) is 12.7 Å². The van der Waals surface area contributed by atoms with Crippen LogP contribution in [0.1, 0.15) is 6.42 Å². The van der Waals surface area contributed by atoms with Crippen LogP contribution in [0.4, 0.5) is 0 Å². The Morgan fingerprint density at radius 3 is 2.89 bits per heavy atom. The Hall–Kier alpha value is -0.340. The van der Waals surface area contributed by atoms with Gasteiger partial charge >= 0.3 is 0 Å². The van der Waals surface area contributed by atoms with Gasteiger partial charge < -0.3 is 9.84 Å². The molecule has 0 amide bonds. The first-order valence-electron chi connectivity index (χ1n) is 3.22. The van der Waals surface area contributed by atoms with Crippen LogP contribution < -0.4 is 0 Å². The van der Waals surface area contributed by atoms with Gasteiger partial charge in [0.05, 0.1) is 19.3 Å². The molecule has 0 bridgehead atoms. The molecule has 0 saturated carbocycles. The molecule has 1 saturated heterocycles. The fourth-order valence-electron chi connectivity index (χ4n) is 1.00. The Kier molecular flexibility index (Phi) is 2.25. The number of aliphatic hydroxyl groups is 1. The van der Waals surface area contributed by atoms with Crippen LogP contribution >= 0.6 is 0 Å². The second-order valence-corrected chi connectivity index (χ2v) is 2.34. The van der Waals surface area contributed by atoms with Crippen molar-refractivity contribution in [2.75, 3.05) is 13.2 Å². The molecule has 1 aliphatic heterocycles. The zero-order chi connectivity index (χ0) is 6.69. The first-order chi connectivity index (χ1) is 4.38. The number of ether oxygens (including phenoxy) is 1. The molecule has 0 radical (unpaired) electrons. The SMILES string of the molecule is C=CCC1COC1CO. The number of hydrogen-bond donors (Lipinski definition) is 1. The molecule has 0 aromatic heterocycles. The lowest BCUT2D eigenvalue weighted by Gasteiger charge is -2.34. The predicted molar refractivity (Wildman–Crippen MR) is 35.1 cm³/mol. The number of rotatable bonds is 3. The molecule has 1 fully saturated rings. The summed E-state index contributed by atoms with van der Waals surface area (Å²) in [6.45, 7) is 4.55. The zero-order valence-electron chi connectivity index (χ0n) is 5.42. The molecular weight excluding hydrogens is 116 g/mol. The van der Waals surface area contributed by atoms with Crippen molar-refractivity contribution in [3.8, 4) is 0 Å². The minimum atomic E-state index is 0.0861. The molecule has 0 aromatic rings. The van der Waals surface area contributed by atoms with E-state index >= 15 is 0 Å². The third-order valence-corrected chi connectivity index (χ3v) is 1.70. The largest absolute Gasteiger partial charge is 0.394 e. The molecule has 1 rings (SSSR count). The molecule has 52 valence electrons. The first kappa shape index (κ1) is 6.78. The van der Waals surface area contributed by atoms with Crippen LogP contribution in [0, 0.1) is 5.92 Å². The first-order valence-corrected chi connectivity index (χ1v) is 3.22. The van der Waals surface area contributed by atoms with Gasteiger partial charge in [-0.3, -0.25) is 0 Å². The molecule has 9 heavy (non-hydrogen) atoms. The summed E-state index contributed by atoms with van der Waals surface area (Å²) >= 11 is 0. The number of allylic oxidation sites excluding steroid dienone is 1. The fraction of sp³-hybridized carbons (Fsp3) is 0.714. The van der Waals surface area contributed by atoms with Crippen molar-refractivity contribution in [1.82, 2.24) is 0 Å². The van der Waals surface area contributed by atoms with Gasteiger partial charge in [-0.25, -0.2) is 0 Å². The van der Waals surface area contributed by atoms with E-state index in [2.05, 4.69) is 6.58 Å². The van der Waals surface area contributed by atoms with Gasteiger partial charge in [0, 0.05) is 5.92 Å². The predicted octanol–water partition coefficient (Wildman–Crippen LogP) is 0.570. The van der Waals surface area contributed by atoms with Crippen LogP contribution in [0.15, 0.2) is 12.7 Å². The monoisotopic (exact) mass is 128 g/mol. The third-order valence-electron chi connectivity index (χ3n) is 1.70. The smallest absolute Gasteiger partial charge is 0.0858 e. The summed E-state index contributed by atoms with van der Waals surface area (Å²) in [7, 11) is 0. The van der Waals surface area contributed by atoms with Crippen LogP contribution in [0.2, 0.25) is 0 Å². The van der Waals surface area contributed by atoms with E-state index in [1.54, 1.807) is 0 Å². The van der Waals surface area contributed by atoms with Gasteiger partial charge in [0.2, 0.25) is 0 Å². The Labute approximate surface area is 55.1 Å². The van der Waals surface area contributed by atoms with Gasteiger partial charge in [-0.1, -0.05) is 6.08 Å². The van der Waals surface area contributed by atoms with Gasteiger partial charge in [-0.05, 0) is 6.42 Å². The van der Waals surface area contributed by atoms with Crippen molar-refractivity contribution >= 4 is 0 Å². The third kappa shape index (κ3) is 1.32. The standard InChI is InChI=1S/C7H12O2/c1-2-3-6-5-9-7(6)4-8/h2,6-8H,1,3-5H2. The highest BCUT2D eigenvalue weighted by Crippen LogP contribution is 2.22. The molecule has 1 aliphatic rings. The zero-order valence-corrected chi connectivity index (χ0v) is 5.42. The maximum Gasteiger partial charge on any atom is 0.0858 e. The molecule has 1 heterocycles. The van der Waals surface area contributed by atoms with Crippen molar-refractivity contribution in [2.24, 2.45) is 5.92 Å². The summed E-state index contributed by atoms with van der Waals surface area (Å²) in [5, 5.41) is 8.62. The van der Waals surface area contributed by atoms with Gasteiger partial charge in [-0.2, -0.15) is 0 Å². The van der Waals surface area contributed by atoms with Crippen LogP contribution in [0.25, 0.3) is 0 Å². The Morgan fingerprint density at radius 2 is 2.56 bits per heavy atom. The summed E-state index contributed by atoms with van der Waals surface area (Å²) in [5.41, 5.74) is 0. The van der Waals surface area contributed by atoms with Crippen LogP contribution in [-0.4, -0.2) is 24.4 Å². The molecule has 0 aliphatic carbocycles. The summed E-state index contributed by atoms with van der Waals surface area (Å²) in [6, 6.07) is 0. The maximum atomic E-state index is 8.62. The Balaban J connectivity index is 2.18. The molecule has 2 nitrogen and oxygen atoms in total. The van der Waals surface area contributed by atoms with Crippen molar-refractivity contribution < 1.29 is 9.84 Å². The van der Waals surface area contributed by atoms with E-state index in [1.165, 1.54) is 0 Å². The lowest BCUT2D eigenvalue weighted by Crippen LogP contribution is -2.41. The van der Waals surface area contributed by atoms with Crippen molar-refractivity contribution in [2.45, 2.75) is 12.5 Å². The van der Waals surface area contributed by atoms with Crippen molar-refractivity contribution in [3.05, 3.63) is 12.7 Å². The van der Waals surface area contributed by atoms with Gasteiger partial charge in [0.15, 0.2) is 0 Å². The fourth-order valence-corrected chi connectivity index (χ4v) is 1.00. The van der Waals surface area contributed by atoms with Crippen LogP contribution in [-0.2, 0) is 4.74 Å². The lowest BCUT2D eigenvalue weighted by atomic mass is 9.95. The second-order valence-electron chi connectivity index (χ2n) is 2.34. The highest BCUT2D eigenvalue weighted by Gasteiger charge is 2.29. The van der Waals surface area contributed by atoms with Gasteiger partial charge in [-0.15, -0.1) is 6.58 Å². The average molecular weight is 128 g/mol. The molecule has 1 N–H and O–H groups in total. The van der Waals surface area contributed by atoms with E-state index in [1.807, 2.05) is 6.08 Å². The Morgan fingerprint density at radius 1 is 1.78 bits per heavy atom. The maximum absolute atomic E-state index is 8.62. The quantitative estimate of drug-likeness (QED) is 0.563. The normalized spacial score (nSPS) is 33.4. The van der Waals surface area contributed by atoms with E-state index in [0.717, 1.165) is 13.0 Å².